The third-order valence-electron chi connectivity index (χ3n) is 1.59. The molecular formula is C8H10O2STe. The van der Waals surface area contributed by atoms with Crippen LogP contribution in [0.4, 0.5) is 0 Å². The summed E-state index contributed by atoms with van der Waals surface area (Å²) in [6, 6.07) is 7.03. The summed E-state index contributed by atoms with van der Waals surface area (Å²) in [5.74, 6) is 0. The quantitative estimate of drug-likeness (QED) is 0.641. The molecule has 0 saturated heterocycles. The molecule has 0 N–H and O–H groups in total. The molecule has 0 heterocycles. The van der Waals surface area contributed by atoms with E-state index in [1.807, 2.05) is 12.1 Å². The van der Waals surface area contributed by atoms with E-state index in [-0.39, 0.29) is 0 Å². The molecule has 0 fully saturated rings. The van der Waals surface area contributed by atoms with Gasteiger partial charge in [0.15, 0.2) is 0 Å². The summed E-state index contributed by atoms with van der Waals surface area (Å²) in [5, 5.41) is 0. The average Bonchev–Trinajstić information content (AvgIpc) is 2.04. The van der Waals surface area contributed by atoms with Gasteiger partial charge in [-0.05, 0) is 0 Å². The van der Waals surface area contributed by atoms with Crippen LogP contribution in [0.25, 0.3) is 0 Å². The Bertz CT molecular complexity index is 319. The van der Waals surface area contributed by atoms with Crippen molar-refractivity contribution in [1.82, 2.24) is 0 Å². The van der Waals surface area contributed by atoms with Gasteiger partial charge >= 0.3 is 87.0 Å². The van der Waals surface area contributed by atoms with Crippen LogP contribution in [0.3, 0.4) is 0 Å². The van der Waals surface area contributed by atoms with Crippen LogP contribution in [0.1, 0.15) is 16.5 Å². The van der Waals surface area contributed by atoms with Crippen LogP contribution >= 0.6 is 0 Å². The molecule has 2 nitrogen and oxygen atoms in total. The molecule has 0 bridgehead atoms. The Kier molecular flexibility index (Phi) is 3.57. The van der Waals surface area contributed by atoms with Gasteiger partial charge in [0.1, 0.15) is 0 Å². The van der Waals surface area contributed by atoms with E-state index in [2.05, 4.69) is 6.92 Å². The van der Waals surface area contributed by atoms with Crippen molar-refractivity contribution in [3.05, 3.63) is 29.8 Å². The molecule has 0 radical (unpaired) electrons. The number of rotatable bonds is 2. The normalized spacial score (nSPS) is 13.2. The van der Waals surface area contributed by atoms with E-state index in [4.69, 9.17) is 0 Å². The molecule has 0 spiro atoms. The van der Waals surface area contributed by atoms with Crippen LogP contribution in [0.2, 0.25) is 0 Å². The van der Waals surface area contributed by atoms with E-state index in [9.17, 15) is 8.42 Å². The second-order valence-corrected chi connectivity index (χ2v) is 5.77. The summed E-state index contributed by atoms with van der Waals surface area (Å²) in [6.07, 6.45) is 0. The summed E-state index contributed by atoms with van der Waals surface area (Å²) in [4.78, 5) is 0.389. The first-order valence-electron chi connectivity index (χ1n) is 3.53. The third-order valence-corrected chi connectivity index (χ3v) is 3.16. The number of thiol groups is 1. The molecule has 0 aliphatic heterocycles. The molecule has 12 heavy (non-hydrogen) atoms. The first-order valence-corrected chi connectivity index (χ1v) is 6.19. The Labute approximate surface area is 86.8 Å². The van der Waals surface area contributed by atoms with E-state index in [0.29, 0.717) is 8.86 Å². The van der Waals surface area contributed by atoms with Gasteiger partial charge in [0.25, 0.3) is 0 Å². The maximum absolute atomic E-state index is 10.5. The maximum atomic E-state index is 10.5. The van der Waals surface area contributed by atoms with Gasteiger partial charge in [-0.3, -0.25) is 0 Å². The van der Waals surface area contributed by atoms with E-state index >= 15 is 0 Å². The molecule has 0 saturated carbocycles. The monoisotopic (exact) mass is 300 g/mol. The molecular weight excluding hydrogens is 288 g/mol. The van der Waals surface area contributed by atoms with Crippen LogP contribution in [0.5, 0.6) is 0 Å². The van der Waals surface area contributed by atoms with Crippen molar-refractivity contribution in [2.75, 3.05) is 0 Å². The minimum absolute atomic E-state index is 0.389. The Morgan fingerprint density at radius 3 is 2.08 bits per heavy atom. The summed E-state index contributed by atoms with van der Waals surface area (Å²) in [5.41, 5.74) is 1.18. The van der Waals surface area contributed by atoms with Crippen molar-refractivity contribution in [2.24, 2.45) is 0 Å². The van der Waals surface area contributed by atoms with Crippen LogP contribution in [0, 0.1) is 0 Å². The van der Waals surface area contributed by atoms with Crippen molar-refractivity contribution < 1.29 is 8.42 Å². The standard InChI is InChI=1S/C8H10O2STe/c1-6(12)7-2-4-8(5-3-7)11(9)10/h2-6,11-12H,1H3. The van der Waals surface area contributed by atoms with Gasteiger partial charge in [0.05, 0.1) is 0 Å². The predicted molar refractivity (Wildman–Crippen MR) is 50.6 cm³/mol. The van der Waals surface area contributed by atoms with Crippen molar-refractivity contribution in [3.8, 4) is 0 Å². The molecule has 1 aromatic carbocycles. The number of hydrogen-bond acceptors (Lipinski definition) is 2. The van der Waals surface area contributed by atoms with Gasteiger partial charge in [-0.1, -0.05) is 0 Å². The topological polar surface area (TPSA) is 34.1 Å². The molecule has 0 aliphatic rings. The van der Waals surface area contributed by atoms with Gasteiger partial charge in [-0.15, -0.1) is 0 Å². The summed E-state index contributed by atoms with van der Waals surface area (Å²) < 4.78 is 21.5. The fraction of sp³-hybridized carbons (Fsp3) is 0.250. The third kappa shape index (κ3) is 2.48. The zero-order valence-corrected chi connectivity index (χ0v) is 10.0. The molecule has 66 valence electrons. The average molecular weight is 298 g/mol. The zero-order valence-electron chi connectivity index (χ0n) is 6.60. The number of hydrogen-bond donors (Lipinski definition) is 1. The minimum atomic E-state index is -2.42. The van der Waals surface area contributed by atoms with Gasteiger partial charge in [-0.2, -0.15) is 0 Å². The molecule has 0 amide bonds. The Morgan fingerprint density at radius 1 is 1.25 bits per heavy atom. The molecule has 1 rings (SSSR count). The SMILES string of the molecule is CC([TeH])c1ccc([SH](=O)=O)cc1. The Morgan fingerprint density at radius 2 is 1.75 bits per heavy atom. The molecule has 1 atom stereocenters. The second-order valence-electron chi connectivity index (χ2n) is 2.52. The van der Waals surface area contributed by atoms with Gasteiger partial charge < -0.3 is 0 Å². The van der Waals surface area contributed by atoms with Crippen LogP contribution < -0.4 is 0 Å². The fourth-order valence-corrected chi connectivity index (χ4v) is 1.76. The number of benzene rings is 1. The van der Waals surface area contributed by atoms with Crippen molar-refractivity contribution in [2.45, 2.75) is 15.8 Å². The van der Waals surface area contributed by atoms with E-state index in [0.717, 1.165) is 0 Å². The summed E-state index contributed by atoms with van der Waals surface area (Å²) >= 11 is 1.72. The van der Waals surface area contributed by atoms with Crippen molar-refractivity contribution in [3.63, 3.8) is 0 Å². The molecule has 4 heteroatoms. The van der Waals surface area contributed by atoms with Crippen molar-refractivity contribution in [1.29, 1.82) is 0 Å². The second kappa shape index (κ2) is 4.27. The van der Waals surface area contributed by atoms with Crippen molar-refractivity contribution >= 4 is 33.0 Å². The first-order chi connectivity index (χ1) is 5.61. The summed E-state index contributed by atoms with van der Waals surface area (Å²) in [6.45, 7) is 2.10. The Hall–Kier alpha value is -0.0404. The van der Waals surface area contributed by atoms with E-state index in [1.165, 1.54) is 5.56 Å². The van der Waals surface area contributed by atoms with Gasteiger partial charge in [0.2, 0.25) is 0 Å². The first kappa shape index (κ1) is 10.0. The zero-order chi connectivity index (χ0) is 9.14. The Balaban J connectivity index is 3.01. The molecule has 1 unspecified atom stereocenters. The fourth-order valence-electron chi connectivity index (χ4n) is 0.875. The van der Waals surface area contributed by atoms with Gasteiger partial charge in [-0.25, -0.2) is 0 Å². The molecule has 1 aromatic rings. The predicted octanol–water partition coefficient (Wildman–Crippen LogP) is 0.619. The molecule has 0 aliphatic carbocycles. The van der Waals surface area contributed by atoms with E-state index in [1.54, 1.807) is 34.4 Å². The van der Waals surface area contributed by atoms with Crippen LogP contribution in [-0.2, 0) is 10.7 Å². The van der Waals surface area contributed by atoms with Gasteiger partial charge in [0, 0.05) is 0 Å². The van der Waals surface area contributed by atoms with Crippen LogP contribution in [0.15, 0.2) is 29.2 Å². The molecule has 0 aromatic heterocycles. The summed E-state index contributed by atoms with van der Waals surface area (Å²) in [7, 11) is -2.42. The van der Waals surface area contributed by atoms with Crippen LogP contribution in [-0.4, -0.2) is 30.7 Å². The van der Waals surface area contributed by atoms with E-state index < -0.39 is 10.7 Å².